The Morgan fingerprint density at radius 2 is 1.87 bits per heavy atom. The summed E-state index contributed by atoms with van der Waals surface area (Å²) in [4.78, 5) is 51.2. The second-order valence-corrected chi connectivity index (χ2v) is 8.00. The molecule has 31 heavy (non-hydrogen) atoms. The molecule has 2 heterocycles. The van der Waals surface area contributed by atoms with Gasteiger partial charge in [-0.2, -0.15) is 0 Å². The number of phenolic OH excluding ortho intramolecular Hbond substituents is 1. The van der Waals surface area contributed by atoms with Gasteiger partial charge in [0.05, 0.1) is 12.6 Å². The van der Waals surface area contributed by atoms with E-state index in [1.807, 2.05) is 0 Å². The summed E-state index contributed by atoms with van der Waals surface area (Å²) >= 11 is 0. The Morgan fingerprint density at radius 1 is 1.13 bits per heavy atom. The second-order valence-electron chi connectivity index (χ2n) is 8.00. The first-order valence-electron chi connectivity index (χ1n) is 9.78. The molecule has 1 N–H and O–H groups in total. The van der Waals surface area contributed by atoms with Gasteiger partial charge in [-0.25, -0.2) is 27.9 Å². The number of benzene rings is 1. The number of aromatic nitrogens is 3. The normalized spacial score (nSPS) is 22.5. The molecule has 0 radical (unpaired) electrons. The Morgan fingerprint density at radius 3 is 2.61 bits per heavy atom. The molecule has 0 spiro atoms. The van der Waals surface area contributed by atoms with Crippen LogP contribution in [-0.4, -0.2) is 30.6 Å². The zero-order valence-electron chi connectivity index (χ0n) is 16.8. The number of hydrogen-bond donors (Lipinski definition) is 1. The molecule has 2 atom stereocenters. The lowest BCUT2D eigenvalue weighted by atomic mass is 9.68. The molecule has 1 aromatic carbocycles. The third-order valence-electron chi connectivity index (χ3n) is 6.35. The number of halogens is 1. The number of hydrogen-bond acceptors (Lipinski definition) is 5. The maximum absolute atomic E-state index is 14.2. The Bertz CT molecular complexity index is 1420. The minimum atomic E-state index is -0.916. The van der Waals surface area contributed by atoms with Gasteiger partial charge in [0.2, 0.25) is 0 Å². The summed E-state index contributed by atoms with van der Waals surface area (Å²) in [5, 5.41) is 10.5. The molecule has 0 saturated carbocycles. The van der Waals surface area contributed by atoms with Crippen molar-refractivity contribution in [3.8, 4) is 5.75 Å². The Kier molecular flexibility index (Phi) is 3.95. The average Bonchev–Trinajstić information content (AvgIpc) is 2.97. The van der Waals surface area contributed by atoms with E-state index in [9.17, 15) is 28.7 Å². The standard InChI is InChI=1S/C22H18FN3O5/c1-10-8-16(27)18-13(19(10)28)9-15-11(17(18)12-4-3-5-14(23)20(12)29)6-7-25-21(30)24(2)22(31)26(15)25/h3-6,8,15,17,29H,7,9H2,1-2H3/t15-,17-/m1/s1. The van der Waals surface area contributed by atoms with Crippen molar-refractivity contribution in [3.63, 3.8) is 0 Å². The molecule has 2 aromatic rings. The zero-order chi connectivity index (χ0) is 22.2. The zero-order valence-corrected chi connectivity index (χ0v) is 16.8. The molecule has 5 rings (SSSR count). The van der Waals surface area contributed by atoms with Crippen LogP contribution in [-0.2, 0) is 23.2 Å². The van der Waals surface area contributed by atoms with Crippen molar-refractivity contribution in [2.24, 2.45) is 7.05 Å². The summed E-state index contributed by atoms with van der Waals surface area (Å²) in [6.45, 7) is 1.61. The molecule has 9 heteroatoms. The summed E-state index contributed by atoms with van der Waals surface area (Å²) in [7, 11) is 1.37. The first kappa shape index (κ1) is 19.2. The molecule has 0 bridgehead atoms. The van der Waals surface area contributed by atoms with Gasteiger partial charge in [0.15, 0.2) is 23.1 Å². The van der Waals surface area contributed by atoms with Gasteiger partial charge < -0.3 is 5.11 Å². The van der Waals surface area contributed by atoms with Crippen LogP contribution < -0.4 is 11.4 Å². The molecule has 1 aliphatic heterocycles. The Hall–Kier alpha value is -3.75. The van der Waals surface area contributed by atoms with Crippen LogP contribution in [0.25, 0.3) is 0 Å². The van der Waals surface area contributed by atoms with Gasteiger partial charge in [-0.05, 0) is 24.6 Å². The molecule has 158 valence electrons. The van der Waals surface area contributed by atoms with Crippen molar-refractivity contribution in [1.82, 2.24) is 13.9 Å². The van der Waals surface area contributed by atoms with Crippen LogP contribution in [0.5, 0.6) is 5.75 Å². The molecule has 0 amide bonds. The van der Waals surface area contributed by atoms with Crippen LogP contribution >= 0.6 is 0 Å². The molecule has 2 aliphatic carbocycles. The number of aromatic hydroxyl groups is 1. The van der Waals surface area contributed by atoms with Gasteiger partial charge in [0, 0.05) is 41.7 Å². The fourth-order valence-corrected chi connectivity index (χ4v) is 4.88. The van der Waals surface area contributed by atoms with Crippen LogP contribution in [0, 0.1) is 5.82 Å². The number of allylic oxidation sites excluding steroid dienone is 6. The summed E-state index contributed by atoms with van der Waals surface area (Å²) in [5.41, 5.74) is 0.336. The van der Waals surface area contributed by atoms with Crippen LogP contribution in [0.1, 0.15) is 30.9 Å². The highest BCUT2D eigenvalue weighted by molar-refractivity contribution is 6.23. The highest BCUT2D eigenvalue weighted by Gasteiger charge is 2.45. The SMILES string of the molecule is CC1=CC(=O)C2=C(C[C@@H]3C(=CCn4c(=O)n(C)c(=O)n43)[C@@H]2c2cccc(F)c2O)C1=O. The van der Waals surface area contributed by atoms with Gasteiger partial charge in [0.25, 0.3) is 0 Å². The van der Waals surface area contributed by atoms with Gasteiger partial charge in [-0.1, -0.05) is 18.2 Å². The van der Waals surface area contributed by atoms with Crippen LogP contribution in [0.3, 0.4) is 0 Å². The first-order chi connectivity index (χ1) is 14.7. The fraction of sp³-hybridized carbons (Fsp3) is 0.273. The Labute approximate surface area is 174 Å². The lowest BCUT2D eigenvalue weighted by Gasteiger charge is -2.39. The molecule has 3 aliphatic rings. The van der Waals surface area contributed by atoms with Crippen molar-refractivity contribution in [1.29, 1.82) is 0 Å². The second kappa shape index (κ2) is 6.37. The predicted molar refractivity (Wildman–Crippen MR) is 107 cm³/mol. The van der Waals surface area contributed by atoms with E-state index in [1.54, 1.807) is 6.08 Å². The predicted octanol–water partition coefficient (Wildman–Crippen LogP) is 1.26. The van der Waals surface area contributed by atoms with Crippen molar-refractivity contribution < 1.29 is 19.1 Å². The quantitative estimate of drug-likeness (QED) is 0.549. The number of fused-ring (bicyclic) bond motifs is 3. The first-order valence-corrected chi connectivity index (χ1v) is 9.78. The van der Waals surface area contributed by atoms with Crippen molar-refractivity contribution in [3.05, 3.63) is 85.0 Å². The average molecular weight is 423 g/mol. The molecular formula is C22H18FN3O5. The van der Waals surface area contributed by atoms with Crippen molar-refractivity contribution in [2.45, 2.75) is 31.8 Å². The number of carbonyl (C=O) groups is 2. The molecule has 0 fully saturated rings. The Balaban J connectivity index is 1.82. The monoisotopic (exact) mass is 423 g/mol. The topological polar surface area (TPSA) is 103 Å². The smallest absolute Gasteiger partial charge is 0.347 e. The summed E-state index contributed by atoms with van der Waals surface area (Å²) in [5.74, 6) is -3.10. The van der Waals surface area contributed by atoms with E-state index in [0.29, 0.717) is 5.57 Å². The number of carbonyl (C=O) groups excluding carboxylic acids is 2. The molecule has 1 aromatic heterocycles. The molecule has 0 saturated heterocycles. The van der Waals surface area contributed by atoms with Gasteiger partial charge in [-0.3, -0.25) is 9.59 Å². The number of para-hydroxylation sites is 1. The van der Waals surface area contributed by atoms with E-state index < -0.39 is 34.9 Å². The van der Waals surface area contributed by atoms with E-state index >= 15 is 0 Å². The van der Waals surface area contributed by atoms with Crippen molar-refractivity contribution in [2.75, 3.05) is 0 Å². The maximum Gasteiger partial charge on any atom is 0.347 e. The van der Waals surface area contributed by atoms with E-state index in [4.69, 9.17) is 0 Å². The van der Waals surface area contributed by atoms with E-state index in [1.165, 1.54) is 41.5 Å². The lowest BCUT2D eigenvalue weighted by Crippen LogP contribution is -2.40. The van der Waals surface area contributed by atoms with Crippen LogP contribution in [0.15, 0.2) is 62.2 Å². The van der Waals surface area contributed by atoms with Crippen molar-refractivity contribution >= 4 is 11.6 Å². The van der Waals surface area contributed by atoms with E-state index in [0.717, 1.165) is 10.6 Å². The maximum atomic E-state index is 14.2. The molecule has 0 unspecified atom stereocenters. The number of Topliss-reactive ketones (excluding diaryl/α,β-unsaturated/α-hetero) is 1. The summed E-state index contributed by atoms with van der Waals surface area (Å²) in [6.07, 6.45) is 3.01. The van der Waals surface area contributed by atoms with Crippen LogP contribution in [0.2, 0.25) is 0 Å². The van der Waals surface area contributed by atoms with Crippen LogP contribution in [0.4, 0.5) is 4.39 Å². The third-order valence-corrected chi connectivity index (χ3v) is 6.35. The summed E-state index contributed by atoms with van der Waals surface area (Å²) in [6, 6.07) is 3.29. The fourth-order valence-electron chi connectivity index (χ4n) is 4.88. The number of nitrogens with zero attached hydrogens (tertiary/aromatic N) is 3. The highest BCUT2D eigenvalue weighted by atomic mass is 19.1. The minimum absolute atomic E-state index is 0.0485. The van der Waals surface area contributed by atoms with E-state index in [-0.39, 0.29) is 46.8 Å². The number of phenols is 1. The molecular weight excluding hydrogens is 405 g/mol. The number of ketones is 2. The van der Waals surface area contributed by atoms with Gasteiger partial charge in [0.1, 0.15) is 0 Å². The minimum Gasteiger partial charge on any atom is -0.505 e. The lowest BCUT2D eigenvalue weighted by molar-refractivity contribution is -0.116. The number of rotatable bonds is 1. The third kappa shape index (κ3) is 2.46. The van der Waals surface area contributed by atoms with Gasteiger partial charge >= 0.3 is 11.4 Å². The highest BCUT2D eigenvalue weighted by Crippen LogP contribution is 2.51. The molecule has 8 nitrogen and oxygen atoms in total. The van der Waals surface area contributed by atoms with Gasteiger partial charge in [-0.15, -0.1) is 0 Å². The largest absolute Gasteiger partial charge is 0.505 e. The summed E-state index contributed by atoms with van der Waals surface area (Å²) < 4.78 is 17.8. The van der Waals surface area contributed by atoms with E-state index in [2.05, 4.69) is 0 Å².